The first-order valence-electron chi connectivity index (χ1n) is 7.17. The number of ether oxygens (including phenoxy) is 1. The monoisotopic (exact) mass is 254 g/mol. The Bertz CT molecular complexity index is 302. The lowest BCUT2D eigenvalue weighted by molar-refractivity contribution is -0.128. The van der Waals surface area contributed by atoms with Crippen LogP contribution in [0, 0.1) is 17.8 Å². The summed E-state index contributed by atoms with van der Waals surface area (Å²) >= 11 is 0. The molecule has 104 valence electrons. The van der Waals surface area contributed by atoms with Crippen molar-refractivity contribution in [3.05, 3.63) is 0 Å². The van der Waals surface area contributed by atoms with Crippen molar-refractivity contribution in [3.63, 3.8) is 0 Å². The SMILES string of the molecule is CC(NC(=O)C1C(C)OC(C)C1C)C1CCNC1. The number of hydrogen-bond acceptors (Lipinski definition) is 3. The van der Waals surface area contributed by atoms with Crippen LogP contribution in [-0.2, 0) is 9.53 Å². The van der Waals surface area contributed by atoms with Crippen LogP contribution in [0.3, 0.4) is 0 Å². The van der Waals surface area contributed by atoms with Crippen molar-refractivity contribution in [1.82, 2.24) is 10.6 Å². The van der Waals surface area contributed by atoms with E-state index in [1.165, 1.54) is 0 Å². The third-order valence-electron chi connectivity index (χ3n) is 4.72. The zero-order valence-electron chi connectivity index (χ0n) is 11.9. The Kier molecular flexibility index (Phi) is 4.28. The molecular formula is C14H26N2O2. The van der Waals surface area contributed by atoms with Crippen LogP contribution >= 0.6 is 0 Å². The van der Waals surface area contributed by atoms with Crippen LogP contribution in [0.2, 0.25) is 0 Å². The fourth-order valence-corrected chi connectivity index (χ4v) is 3.26. The van der Waals surface area contributed by atoms with E-state index in [1.54, 1.807) is 0 Å². The van der Waals surface area contributed by atoms with Gasteiger partial charge in [-0.15, -0.1) is 0 Å². The quantitative estimate of drug-likeness (QED) is 0.794. The van der Waals surface area contributed by atoms with Crippen molar-refractivity contribution in [2.75, 3.05) is 13.1 Å². The second-order valence-electron chi connectivity index (χ2n) is 5.98. The molecule has 18 heavy (non-hydrogen) atoms. The lowest BCUT2D eigenvalue weighted by atomic mass is 9.88. The highest BCUT2D eigenvalue weighted by molar-refractivity contribution is 5.80. The molecule has 6 atom stereocenters. The third-order valence-corrected chi connectivity index (χ3v) is 4.72. The van der Waals surface area contributed by atoms with E-state index >= 15 is 0 Å². The molecule has 0 bridgehead atoms. The van der Waals surface area contributed by atoms with E-state index in [0.717, 1.165) is 19.5 Å². The molecule has 0 radical (unpaired) electrons. The molecule has 2 aliphatic heterocycles. The van der Waals surface area contributed by atoms with Gasteiger partial charge in [0.2, 0.25) is 5.91 Å². The molecule has 0 aromatic heterocycles. The van der Waals surface area contributed by atoms with Crippen molar-refractivity contribution in [2.24, 2.45) is 17.8 Å². The maximum absolute atomic E-state index is 12.4. The van der Waals surface area contributed by atoms with Gasteiger partial charge < -0.3 is 15.4 Å². The molecule has 2 N–H and O–H groups in total. The van der Waals surface area contributed by atoms with E-state index in [2.05, 4.69) is 31.4 Å². The molecule has 2 aliphatic rings. The predicted molar refractivity (Wildman–Crippen MR) is 71.2 cm³/mol. The van der Waals surface area contributed by atoms with E-state index in [-0.39, 0.29) is 30.1 Å². The summed E-state index contributed by atoms with van der Waals surface area (Å²) in [4.78, 5) is 12.4. The molecule has 4 heteroatoms. The van der Waals surface area contributed by atoms with Gasteiger partial charge in [-0.05, 0) is 52.1 Å². The summed E-state index contributed by atoms with van der Waals surface area (Å²) in [6, 6.07) is 0.253. The van der Waals surface area contributed by atoms with E-state index in [4.69, 9.17) is 4.74 Å². The molecule has 0 aliphatic carbocycles. The summed E-state index contributed by atoms with van der Waals surface area (Å²) in [5.74, 6) is 1.03. The van der Waals surface area contributed by atoms with Crippen molar-refractivity contribution in [2.45, 2.75) is 52.4 Å². The first-order chi connectivity index (χ1) is 8.50. The Morgan fingerprint density at radius 2 is 2.06 bits per heavy atom. The van der Waals surface area contributed by atoms with E-state index in [0.29, 0.717) is 11.8 Å². The first kappa shape index (κ1) is 13.8. The van der Waals surface area contributed by atoms with Gasteiger partial charge in [0, 0.05) is 6.04 Å². The minimum Gasteiger partial charge on any atom is -0.374 e. The normalized spacial score (nSPS) is 41.9. The Balaban J connectivity index is 1.91. The largest absolute Gasteiger partial charge is 0.374 e. The predicted octanol–water partition coefficient (Wildman–Crippen LogP) is 1.16. The standard InChI is InChI=1S/C14H26N2O2/c1-8-10(3)18-11(4)13(8)14(17)16-9(2)12-5-6-15-7-12/h8-13,15H,5-7H2,1-4H3,(H,16,17). The molecule has 4 nitrogen and oxygen atoms in total. The number of hydrogen-bond donors (Lipinski definition) is 2. The fourth-order valence-electron chi connectivity index (χ4n) is 3.26. The van der Waals surface area contributed by atoms with Crippen LogP contribution in [-0.4, -0.2) is 37.2 Å². The van der Waals surface area contributed by atoms with Gasteiger partial charge in [0.05, 0.1) is 18.1 Å². The maximum Gasteiger partial charge on any atom is 0.226 e. The molecule has 6 unspecified atom stereocenters. The van der Waals surface area contributed by atoms with E-state index in [1.807, 2.05) is 6.92 Å². The van der Waals surface area contributed by atoms with Gasteiger partial charge in [-0.3, -0.25) is 4.79 Å². The fraction of sp³-hybridized carbons (Fsp3) is 0.929. The topological polar surface area (TPSA) is 50.4 Å². The molecular weight excluding hydrogens is 228 g/mol. The van der Waals surface area contributed by atoms with Gasteiger partial charge in [-0.25, -0.2) is 0 Å². The number of nitrogens with one attached hydrogen (secondary N) is 2. The number of carbonyl (C=O) groups is 1. The van der Waals surface area contributed by atoms with Crippen LogP contribution in [0.25, 0.3) is 0 Å². The van der Waals surface area contributed by atoms with Crippen LogP contribution in [0.1, 0.15) is 34.1 Å². The van der Waals surface area contributed by atoms with E-state index in [9.17, 15) is 4.79 Å². The van der Waals surface area contributed by atoms with Crippen LogP contribution in [0.4, 0.5) is 0 Å². The lowest BCUT2D eigenvalue weighted by Gasteiger charge is -2.24. The number of amides is 1. The van der Waals surface area contributed by atoms with Crippen molar-refractivity contribution in [1.29, 1.82) is 0 Å². The van der Waals surface area contributed by atoms with Crippen molar-refractivity contribution < 1.29 is 9.53 Å². The molecule has 0 saturated carbocycles. The molecule has 0 aromatic rings. The molecule has 0 spiro atoms. The van der Waals surface area contributed by atoms with E-state index < -0.39 is 0 Å². The first-order valence-corrected chi connectivity index (χ1v) is 7.17. The van der Waals surface area contributed by atoms with Crippen molar-refractivity contribution in [3.8, 4) is 0 Å². The second kappa shape index (κ2) is 5.57. The van der Waals surface area contributed by atoms with Gasteiger partial charge in [0.25, 0.3) is 0 Å². The zero-order valence-corrected chi connectivity index (χ0v) is 11.9. The molecule has 2 fully saturated rings. The average Bonchev–Trinajstić information content (AvgIpc) is 2.88. The summed E-state index contributed by atoms with van der Waals surface area (Å²) in [7, 11) is 0. The Hall–Kier alpha value is -0.610. The molecule has 0 aromatic carbocycles. The minimum absolute atomic E-state index is 0.00295. The van der Waals surface area contributed by atoms with Crippen LogP contribution < -0.4 is 10.6 Å². The zero-order chi connectivity index (χ0) is 13.3. The Labute approximate surface area is 110 Å². The number of carbonyl (C=O) groups excluding carboxylic acids is 1. The second-order valence-corrected chi connectivity index (χ2v) is 5.98. The molecule has 2 rings (SSSR count). The highest BCUT2D eigenvalue weighted by Crippen LogP contribution is 2.32. The lowest BCUT2D eigenvalue weighted by Crippen LogP contribution is -2.45. The highest BCUT2D eigenvalue weighted by Gasteiger charge is 2.42. The summed E-state index contributed by atoms with van der Waals surface area (Å²) in [5, 5.41) is 6.53. The molecule has 1 amide bonds. The summed E-state index contributed by atoms with van der Waals surface area (Å²) in [5.41, 5.74) is 0. The molecule has 2 heterocycles. The highest BCUT2D eigenvalue weighted by atomic mass is 16.5. The van der Waals surface area contributed by atoms with Gasteiger partial charge in [0.15, 0.2) is 0 Å². The minimum atomic E-state index is -0.00295. The van der Waals surface area contributed by atoms with Gasteiger partial charge in [-0.1, -0.05) is 6.92 Å². The summed E-state index contributed by atoms with van der Waals surface area (Å²) in [6.45, 7) is 10.4. The third kappa shape index (κ3) is 2.69. The maximum atomic E-state index is 12.4. The Morgan fingerprint density at radius 1 is 1.33 bits per heavy atom. The average molecular weight is 254 g/mol. The summed E-state index contributed by atoms with van der Waals surface area (Å²) < 4.78 is 5.74. The smallest absolute Gasteiger partial charge is 0.226 e. The van der Waals surface area contributed by atoms with Gasteiger partial charge in [-0.2, -0.15) is 0 Å². The van der Waals surface area contributed by atoms with Gasteiger partial charge >= 0.3 is 0 Å². The van der Waals surface area contributed by atoms with Crippen LogP contribution in [0.15, 0.2) is 0 Å². The van der Waals surface area contributed by atoms with Gasteiger partial charge in [0.1, 0.15) is 0 Å². The van der Waals surface area contributed by atoms with Crippen LogP contribution in [0.5, 0.6) is 0 Å². The van der Waals surface area contributed by atoms with Crippen molar-refractivity contribution >= 4 is 5.91 Å². The molecule has 2 saturated heterocycles. The number of rotatable bonds is 3. The Morgan fingerprint density at radius 3 is 2.56 bits per heavy atom. The summed E-state index contributed by atoms with van der Waals surface area (Å²) in [6.07, 6.45) is 1.37.